The van der Waals surface area contributed by atoms with Crippen molar-refractivity contribution in [2.24, 2.45) is 0 Å². The summed E-state index contributed by atoms with van der Waals surface area (Å²) in [6.07, 6.45) is 0. The second kappa shape index (κ2) is 4.59. The molecule has 3 N–H and O–H groups in total. The molecule has 1 aromatic heterocycles. The van der Waals surface area contributed by atoms with Crippen molar-refractivity contribution < 1.29 is 4.74 Å². The highest BCUT2D eigenvalue weighted by Crippen LogP contribution is 2.26. The number of nitrogens with one attached hydrogen (secondary N) is 1. The van der Waals surface area contributed by atoms with Gasteiger partial charge >= 0.3 is 0 Å². The van der Waals surface area contributed by atoms with Gasteiger partial charge in [0.05, 0.1) is 11.0 Å². The maximum Gasteiger partial charge on any atom is 0.300 e. The molecule has 0 unspecified atom stereocenters. The Labute approximate surface area is 118 Å². The lowest BCUT2D eigenvalue weighted by atomic mass is 10.2. The van der Waals surface area contributed by atoms with E-state index in [2.05, 4.69) is 25.9 Å². The van der Waals surface area contributed by atoms with Gasteiger partial charge in [-0.25, -0.2) is 0 Å². The van der Waals surface area contributed by atoms with Crippen molar-refractivity contribution in [1.29, 1.82) is 0 Å². The average Bonchev–Trinajstić information content (AvgIpc) is 2.75. The molecule has 0 aliphatic carbocycles. The molecule has 0 spiro atoms. The Morgan fingerprint density at radius 1 is 1.21 bits per heavy atom. The predicted octanol–water partition coefficient (Wildman–Crippen LogP) is 4.01. The summed E-state index contributed by atoms with van der Waals surface area (Å²) in [5.41, 5.74) is 9.23. The van der Waals surface area contributed by atoms with E-state index in [1.165, 1.54) is 0 Å². The van der Waals surface area contributed by atoms with Crippen molar-refractivity contribution in [3.8, 4) is 11.8 Å². The first-order chi connectivity index (χ1) is 9.11. The summed E-state index contributed by atoms with van der Waals surface area (Å²) < 4.78 is 6.76. The fraction of sp³-hybridized carbons (Fsp3) is 0.0714. The molecular formula is C14H12BrN3O. The van der Waals surface area contributed by atoms with E-state index < -0.39 is 0 Å². The zero-order valence-corrected chi connectivity index (χ0v) is 11.9. The zero-order chi connectivity index (χ0) is 13.4. The lowest BCUT2D eigenvalue weighted by molar-refractivity contribution is 0.449. The van der Waals surface area contributed by atoms with Crippen LogP contribution in [0.2, 0.25) is 0 Å². The number of H-pyrrole nitrogens is 1. The second-order valence-corrected chi connectivity index (χ2v) is 5.19. The van der Waals surface area contributed by atoms with Gasteiger partial charge < -0.3 is 15.5 Å². The van der Waals surface area contributed by atoms with Gasteiger partial charge in [0.1, 0.15) is 5.75 Å². The minimum Gasteiger partial charge on any atom is -0.426 e. The van der Waals surface area contributed by atoms with E-state index in [4.69, 9.17) is 10.5 Å². The molecule has 0 aliphatic rings. The van der Waals surface area contributed by atoms with Crippen molar-refractivity contribution in [2.45, 2.75) is 6.92 Å². The van der Waals surface area contributed by atoms with Gasteiger partial charge in [0.25, 0.3) is 6.01 Å². The van der Waals surface area contributed by atoms with Crippen molar-refractivity contribution in [1.82, 2.24) is 9.97 Å². The Kier molecular flexibility index (Phi) is 2.91. The van der Waals surface area contributed by atoms with Gasteiger partial charge in [-0.05, 0) is 48.9 Å². The van der Waals surface area contributed by atoms with Crippen LogP contribution in [0, 0.1) is 6.92 Å². The minimum absolute atomic E-state index is 0.460. The maximum atomic E-state index is 5.73. The molecule has 5 heteroatoms. The van der Waals surface area contributed by atoms with Crippen molar-refractivity contribution in [2.75, 3.05) is 5.73 Å². The Hall–Kier alpha value is -2.01. The molecule has 19 heavy (non-hydrogen) atoms. The number of hydrogen-bond acceptors (Lipinski definition) is 3. The van der Waals surface area contributed by atoms with E-state index in [-0.39, 0.29) is 0 Å². The normalized spacial score (nSPS) is 10.8. The van der Waals surface area contributed by atoms with E-state index in [0.717, 1.165) is 26.8 Å². The van der Waals surface area contributed by atoms with E-state index in [9.17, 15) is 0 Å². The van der Waals surface area contributed by atoms with Gasteiger partial charge in [0.15, 0.2) is 0 Å². The van der Waals surface area contributed by atoms with Gasteiger partial charge in [-0.15, -0.1) is 0 Å². The second-order valence-electron chi connectivity index (χ2n) is 4.33. The highest BCUT2D eigenvalue weighted by Gasteiger charge is 2.06. The van der Waals surface area contributed by atoms with Crippen molar-refractivity contribution >= 4 is 32.7 Å². The number of anilines is 1. The molecule has 0 saturated carbocycles. The number of aromatic amines is 1. The molecule has 0 radical (unpaired) electrons. The monoisotopic (exact) mass is 317 g/mol. The molecule has 1 heterocycles. The molecule has 0 fully saturated rings. The lowest BCUT2D eigenvalue weighted by Crippen LogP contribution is -1.87. The number of rotatable bonds is 2. The molecule has 4 nitrogen and oxygen atoms in total. The predicted molar refractivity (Wildman–Crippen MR) is 79.5 cm³/mol. The topological polar surface area (TPSA) is 63.9 Å². The third kappa shape index (κ3) is 2.42. The minimum atomic E-state index is 0.460. The van der Waals surface area contributed by atoms with Crippen LogP contribution in [0.25, 0.3) is 11.0 Å². The molecule has 96 valence electrons. The number of nitrogens with two attached hydrogens (primary N) is 1. The number of halogens is 1. The average molecular weight is 318 g/mol. The summed E-state index contributed by atoms with van der Waals surface area (Å²) >= 11 is 3.46. The molecule has 0 atom stereocenters. The van der Waals surface area contributed by atoms with Crippen LogP contribution in [0.4, 0.5) is 5.69 Å². The Bertz CT molecular complexity index is 752. The van der Waals surface area contributed by atoms with E-state index in [1.54, 1.807) is 0 Å². The third-order valence-electron chi connectivity index (χ3n) is 2.83. The fourth-order valence-corrected chi connectivity index (χ4v) is 2.09. The summed E-state index contributed by atoms with van der Waals surface area (Å²) in [5.74, 6) is 0.743. The summed E-state index contributed by atoms with van der Waals surface area (Å²) in [6.45, 7) is 2.01. The molecular weight excluding hydrogens is 306 g/mol. The number of hydrogen-bond donors (Lipinski definition) is 2. The smallest absolute Gasteiger partial charge is 0.300 e. The van der Waals surface area contributed by atoms with Crippen LogP contribution < -0.4 is 10.5 Å². The number of fused-ring (bicyclic) bond motifs is 1. The number of ether oxygens (including phenoxy) is 1. The van der Waals surface area contributed by atoms with E-state index >= 15 is 0 Å². The van der Waals surface area contributed by atoms with Crippen LogP contribution in [-0.4, -0.2) is 9.97 Å². The summed E-state index contributed by atoms with van der Waals surface area (Å²) in [5, 5.41) is 0. The number of benzene rings is 2. The van der Waals surface area contributed by atoms with Gasteiger partial charge in [0, 0.05) is 10.2 Å². The molecule has 3 rings (SSSR count). The lowest BCUT2D eigenvalue weighted by Gasteiger charge is -2.03. The highest BCUT2D eigenvalue weighted by atomic mass is 79.9. The summed E-state index contributed by atoms with van der Waals surface area (Å²) in [6, 6.07) is 11.8. The first-order valence-electron chi connectivity index (χ1n) is 5.81. The summed E-state index contributed by atoms with van der Waals surface area (Å²) in [7, 11) is 0. The van der Waals surface area contributed by atoms with Crippen LogP contribution in [0.5, 0.6) is 11.8 Å². The molecule has 2 aromatic carbocycles. The molecule has 3 aromatic rings. The fourth-order valence-electron chi connectivity index (χ4n) is 1.84. The molecule has 0 aliphatic heterocycles. The van der Waals surface area contributed by atoms with Crippen LogP contribution in [0.3, 0.4) is 0 Å². The molecule has 0 saturated heterocycles. The Balaban J connectivity index is 1.94. The van der Waals surface area contributed by atoms with Crippen molar-refractivity contribution in [3.05, 3.63) is 46.4 Å². The van der Waals surface area contributed by atoms with E-state index in [0.29, 0.717) is 11.7 Å². The van der Waals surface area contributed by atoms with Crippen LogP contribution in [0.15, 0.2) is 40.9 Å². The van der Waals surface area contributed by atoms with Gasteiger partial charge in [0.2, 0.25) is 0 Å². The third-order valence-corrected chi connectivity index (χ3v) is 3.72. The van der Waals surface area contributed by atoms with Gasteiger partial charge in [-0.2, -0.15) is 4.98 Å². The van der Waals surface area contributed by atoms with Crippen LogP contribution in [-0.2, 0) is 0 Å². The first-order valence-corrected chi connectivity index (χ1v) is 6.60. The Morgan fingerprint density at radius 3 is 2.84 bits per heavy atom. The molecule has 0 amide bonds. The number of aromatic nitrogens is 2. The number of aryl methyl sites for hydroxylation is 1. The first kappa shape index (κ1) is 12.0. The number of nitrogen functional groups attached to an aromatic ring is 1. The highest BCUT2D eigenvalue weighted by molar-refractivity contribution is 9.10. The maximum absolute atomic E-state index is 5.73. The Morgan fingerprint density at radius 2 is 2.05 bits per heavy atom. The number of imidazole rings is 1. The quantitative estimate of drug-likeness (QED) is 0.702. The zero-order valence-electron chi connectivity index (χ0n) is 10.3. The number of nitrogens with zero attached hydrogens (tertiary/aromatic N) is 1. The molecule has 0 bridgehead atoms. The van der Waals surface area contributed by atoms with Gasteiger partial charge in [-0.1, -0.05) is 15.9 Å². The van der Waals surface area contributed by atoms with E-state index in [1.807, 2.05) is 43.3 Å². The standard InChI is InChI=1S/C14H12BrN3O/c1-8-6-10(3-4-11(8)15)19-14-17-12-5-2-9(16)7-13(12)18-14/h2-7H,16H2,1H3,(H,17,18). The largest absolute Gasteiger partial charge is 0.426 e. The summed E-state index contributed by atoms with van der Waals surface area (Å²) in [4.78, 5) is 7.45. The SMILES string of the molecule is Cc1cc(Oc2nc3ccc(N)cc3[nH]2)ccc1Br. The van der Waals surface area contributed by atoms with Crippen molar-refractivity contribution in [3.63, 3.8) is 0 Å². The van der Waals surface area contributed by atoms with Crippen LogP contribution >= 0.6 is 15.9 Å². The van der Waals surface area contributed by atoms with Crippen LogP contribution in [0.1, 0.15) is 5.56 Å². The van der Waals surface area contributed by atoms with Gasteiger partial charge in [-0.3, -0.25) is 0 Å².